The molecule has 4 aromatic rings. The summed E-state index contributed by atoms with van der Waals surface area (Å²) in [5, 5.41) is 0.669. The van der Waals surface area contributed by atoms with Crippen molar-refractivity contribution in [2.45, 2.75) is 31.5 Å². The molecule has 2 atom stereocenters. The number of carbonyl (C=O) groups excluding carboxylic acids is 1. The van der Waals surface area contributed by atoms with Gasteiger partial charge in [-0.3, -0.25) is 14.1 Å². The third-order valence-corrected chi connectivity index (χ3v) is 7.36. The number of pyridine rings is 1. The number of fused-ring (bicyclic) bond motifs is 4. The molecule has 2 bridgehead atoms. The van der Waals surface area contributed by atoms with Gasteiger partial charge in [0.25, 0.3) is 5.91 Å². The maximum atomic E-state index is 14.5. The van der Waals surface area contributed by atoms with Crippen molar-refractivity contribution in [3.63, 3.8) is 0 Å². The van der Waals surface area contributed by atoms with Gasteiger partial charge >= 0.3 is 0 Å². The van der Waals surface area contributed by atoms with E-state index in [1.807, 2.05) is 40.9 Å². The lowest BCUT2D eigenvalue weighted by molar-refractivity contribution is -0.0165. The molecule has 0 aliphatic carbocycles. The van der Waals surface area contributed by atoms with Gasteiger partial charge in [-0.15, -0.1) is 0 Å². The topological polar surface area (TPSA) is 75.9 Å². The average molecular weight is 507 g/mol. The van der Waals surface area contributed by atoms with Crippen molar-refractivity contribution < 1.29 is 13.9 Å². The van der Waals surface area contributed by atoms with Crippen molar-refractivity contribution in [2.75, 3.05) is 20.2 Å². The number of aromatic nitrogens is 4. The molecule has 8 nitrogen and oxygen atoms in total. The van der Waals surface area contributed by atoms with Crippen molar-refractivity contribution in [1.29, 1.82) is 0 Å². The Kier molecular flexibility index (Phi) is 5.81. The molecular weight excluding hydrogens is 483 g/mol. The lowest BCUT2D eigenvalue weighted by Crippen LogP contribution is -2.63. The van der Waals surface area contributed by atoms with Gasteiger partial charge in [0.05, 0.1) is 18.5 Å². The summed E-state index contributed by atoms with van der Waals surface area (Å²) in [5.41, 5.74) is 2.68. The van der Waals surface area contributed by atoms with Crippen LogP contribution in [0.5, 0.6) is 5.88 Å². The third kappa shape index (κ3) is 3.98. The minimum absolute atomic E-state index is 0.0220. The Labute approximate surface area is 212 Å². The summed E-state index contributed by atoms with van der Waals surface area (Å²) in [7, 11) is 1.45. The zero-order valence-corrected chi connectivity index (χ0v) is 20.4. The zero-order valence-electron chi connectivity index (χ0n) is 19.6. The highest BCUT2D eigenvalue weighted by Gasteiger charge is 2.42. The standard InChI is InChI=1S/C26H24ClFN6O2/c1-36-22-10-9-20(28)24(30-22)25(35)34-14-18-7-8-19(34)13-32(18)15-21-23(16-3-5-17(27)6-4-16)31-26-29-11-2-12-33(21)26/h2-6,9-12,18-19H,7-8,13-15H2,1H3. The molecule has 7 rings (SSSR count). The van der Waals surface area contributed by atoms with Gasteiger partial charge in [0.15, 0.2) is 11.5 Å². The predicted molar refractivity (Wildman–Crippen MR) is 132 cm³/mol. The molecule has 3 saturated heterocycles. The molecule has 6 heterocycles. The first-order valence-corrected chi connectivity index (χ1v) is 12.2. The van der Waals surface area contributed by atoms with Gasteiger partial charge in [0.2, 0.25) is 11.7 Å². The Hall–Kier alpha value is -3.56. The highest BCUT2D eigenvalue weighted by molar-refractivity contribution is 6.30. The van der Waals surface area contributed by atoms with E-state index < -0.39 is 5.82 Å². The number of carbonyl (C=O) groups is 1. The van der Waals surface area contributed by atoms with E-state index >= 15 is 0 Å². The number of amides is 1. The Bertz CT molecular complexity index is 1440. The fourth-order valence-corrected chi connectivity index (χ4v) is 5.43. The Morgan fingerprint density at radius 1 is 1.11 bits per heavy atom. The summed E-state index contributed by atoms with van der Waals surface area (Å²) in [6.07, 6.45) is 5.54. The minimum Gasteiger partial charge on any atom is -0.481 e. The van der Waals surface area contributed by atoms with Crippen molar-refractivity contribution in [1.82, 2.24) is 29.2 Å². The zero-order chi connectivity index (χ0) is 24.8. The van der Waals surface area contributed by atoms with Crippen LogP contribution < -0.4 is 4.74 Å². The number of hydrogen-bond acceptors (Lipinski definition) is 6. The van der Waals surface area contributed by atoms with Gasteiger partial charge in [-0.05, 0) is 37.1 Å². The molecular formula is C26H24ClFN6O2. The number of benzene rings is 1. The van der Waals surface area contributed by atoms with Crippen LogP contribution in [0.15, 0.2) is 54.9 Å². The lowest BCUT2D eigenvalue weighted by Gasteiger charge is -2.51. The van der Waals surface area contributed by atoms with Crippen molar-refractivity contribution in [3.05, 3.63) is 77.1 Å². The third-order valence-electron chi connectivity index (χ3n) is 7.11. The van der Waals surface area contributed by atoms with Crippen LogP contribution >= 0.6 is 11.6 Å². The Morgan fingerprint density at radius 3 is 2.67 bits per heavy atom. The first kappa shape index (κ1) is 22.9. The number of methoxy groups -OCH3 is 1. The predicted octanol–water partition coefficient (Wildman–Crippen LogP) is 4.08. The molecule has 1 aromatic carbocycles. The van der Waals surface area contributed by atoms with Crippen LogP contribution in [0.4, 0.5) is 4.39 Å². The molecule has 2 unspecified atom stereocenters. The first-order chi connectivity index (χ1) is 17.5. The number of nitrogens with zero attached hydrogens (tertiary/aromatic N) is 6. The summed E-state index contributed by atoms with van der Waals surface area (Å²) in [6, 6.07) is 12.3. The van der Waals surface area contributed by atoms with Gasteiger partial charge in [0, 0.05) is 60.8 Å². The number of imidazole rings is 1. The molecule has 0 radical (unpaired) electrons. The van der Waals surface area contributed by atoms with Crippen LogP contribution in [0.1, 0.15) is 29.0 Å². The van der Waals surface area contributed by atoms with E-state index in [0.29, 0.717) is 30.4 Å². The number of rotatable bonds is 5. The van der Waals surface area contributed by atoms with E-state index in [0.717, 1.165) is 29.8 Å². The van der Waals surface area contributed by atoms with Crippen LogP contribution in [0.3, 0.4) is 0 Å². The average Bonchev–Trinajstić information content (AvgIpc) is 3.27. The van der Waals surface area contributed by atoms with Crippen molar-refractivity contribution in [2.24, 2.45) is 0 Å². The second-order valence-electron chi connectivity index (χ2n) is 9.16. The van der Waals surface area contributed by atoms with E-state index in [2.05, 4.69) is 14.9 Å². The quantitative estimate of drug-likeness (QED) is 0.406. The smallest absolute Gasteiger partial charge is 0.276 e. The molecule has 1 amide bonds. The number of piperazine rings is 1. The number of halogens is 2. The largest absolute Gasteiger partial charge is 0.481 e. The van der Waals surface area contributed by atoms with Gasteiger partial charge in [-0.25, -0.2) is 19.3 Å². The monoisotopic (exact) mass is 506 g/mol. The summed E-state index contributed by atoms with van der Waals surface area (Å²) >= 11 is 6.11. The number of piperidine rings is 2. The summed E-state index contributed by atoms with van der Waals surface area (Å²) in [4.78, 5) is 30.8. The molecule has 184 valence electrons. The fourth-order valence-electron chi connectivity index (χ4n) is 5.30. The maximum absolute atomic E-state index is 14.5. The fraction of sp³-hybridized carbons (Fsp3) is 0.308. The number of hydrogen-bond donors (Lipinski definition) is 0. The molecule has 0 saturated carbocycles. The molecule has 3 aliphatic rings. The highest BCUT2D eigenvalue weighted by atomic mass is 35.5. The molecule has 3 aromatic heterocycles. The highest BCUT2D eigenvalue weighted by Crippen LogP contribution is 2.34. The van der Waals surface area contributed by atoms with E-state index in [-0.39, 0.29) is 29.6 Å². The van der Waals surface area contributed by atoms with E-state index in [1.54, 1.807) is 11.1 Å². The van der Waals surface area contributed by atoms with Gasteiger partial charge in [-0.1, -0.05) is 23.7 Å². The van der Waals surface area contributed by atoms with Gasteiger partial charge < -0.3 is 9.64 Å². The van der Waals surface area contributed by atoms with Crippen LogP contribution in [0.2, 0.25) is 5.02 Å². The van der Waals surface area contributed by atoms with E-state index in [9.17, 15) is 9.18 Å². The van der Waals surface area contributed by atoms with E-state index in [4.69, 9.17) is 21.3 Å². The first-order valence-electron chi connectivity index (χ1n) is 11.9. The summed E-state index contributed by atoms with van der Waals surface area (Å²) in [6.45, 7) is 1.86. The summed E-state index contributed by atoms with van der Waals surface area (Å²) < 4.78 is 21.6. The number of ether oxygens (including phenoxy) is 1. The second kappa shape index (κ2) is 9.15. The Morgan fingerprint density at radius 2 is 1.92 bits per heavy atom. The second-order valence-corrected chi connectivity index (χ2v) is 9.60. The lowest BCUT2D eigenvalue weighted by atomic mass is 9.90. The van der Waals surface area contributed by atoms with Crippen LogP contribution in [0, 0.1) is 5.82 Å². The van der Waals surface area contributed by atoms with Crippen LogP contribution in [0.25, 0.3) is 17.0 Å². The van der Waals surface area contributed by atoms with Gasteiger partial charge in [-0.2, -0.15) is 0 Å². The Balaban J connectivity index is 1.28. The van der Waals surface area contributed by atoms with Crippen LogP contribution in [-0.4, -0.2) is 67.3 Å². The minimum atomic E-state index is -0.634. The van der Waals surface area contributed by atoms with Crippen molar-refractivity contribution in [3.8, 4) is 17.1 Å². The van der Waals surface area contributed by atoms with Crippen LogP contribution in [-0.2, 0) is 6.54 Å². The molecule has 0 N–H and O–H groups in total. The normalized spacial score (nSPS) is 19.7. The summed E-state index contributed by atoms with van der Waals surface area (Å²) in [5.74, 6) is -0.165. The molecule has 0 spiro atoms. The van der Waals surface area contributed by atoms with Crippen molar-refractivity contribution >= 4 is 23.3 Å². The molecule has 10 heteroatoms. The molecule has 3 aliphatic heterocycles. The maximum Gasteiger partial charge on any atom is 0.276 e. The van der Waals surface area contributed by atoms with Gasteiger partial charge in [0.1, 0.15) is 0 Å². The molecule has 36 heavy (non-hydrogen) atoms. The SMILES string of the molecule is COc1ccc(F)c(C(=O)N2CC3CCC2CN3Cc2c(-c3ccc(Cl)cc3)nc3ncccn23)n1. The van der Waals surface area contributed by atoms with E-state index in [1.165, 1.54) is 19.2 Å². The molecule has 3 fully saturated rings.